The maximum Gasteiger partial charge on any atom is 0.261 e. The van der Waals surface area contributed by atoms with E-state index in [2.05, 4.69) is 17.0 Å². The Morgan fingerprint density at radius 2 is 1.81 bits per heavy atom. The minimum atomic E-state index is -0.0257. The van der Waals surface area contributed by atoms with E-state index in [0.717, 1.165) is 30.7 Å². The molecule has 3 aromatic rings. The van der Waals surface area contributed by atoms with E-state index in [9.17, 15) is 9.90 Å². The van der Waals surface area contributed by atoms with E-state index in [1.165, 1.54) is 5.56 Å². The van der Waals surface area contributed by atoms with Crippen LogP contribution in [0.15, 0.2) is 59.4 Å². The highest BCUT2D eigenvalue weighted by Gasteiger charge is 2.35. The first kappa shape index (κ1) is 17.9. The molecule has 140 valence electrons. The molecule has 0 saturated heterocycles. The molecule has 0 amide bonds. The van der Waals surface area contributed by atoms with Crippen LogP contribution in [0.4, 0.5) is 0 Å². The molecule has 0 radical (unpaired) electrons. The summed E-state index contributed by atoms with van der Waals surface area (Å²) in [6, 6.07) is 17.8. The van der Waals surface area contributed by atoms with Gasteiger partial charge in [-0.3, -0.25) is 14.3 Å². The molecule has 27 heavy (non-hydrogen) atoms. The van der Waals surface area contributed by atoms with Gasteiger partial charge in [0.15, 0.2) is 0 Å². The molecule has 0 aliphatic heterocycles. The Labute approximate surface area is 158 Å². The van der Waals surface area contributed by atoms with E-state index in [1.807, 2.05) is 42.5 Å². The van der Waals surface area contributed by atoms with Gasteiger partial charge in [-0.1, -0.05) is 42.5 Å². The van der Waals surface area contributed by atoms with Crippen molar-refractivity contribution in [1.82, 2.24) is 14.5 Å². The number of nitrogens with zero attached hydrogens (tertiary/aromatic N) is 3. The maximum absolute atomic E-state index is 12.7. The van der Waals surface area contributed by atoms with Crippen molar-refractivity contribution < 1.29 is 5.11 Å². The molecule has 1 aliphatic rings. The second-order valence-electron chi connectivity index (χ2n) is 7.39. The van der Waals surface area contributed by atoms with Crippen LogP contribution >= 0.6 is 0 Å². The van der Waals surface area contributed by atoms with Crippen LogP contribution in [0.1, 0.15) is 24.2 Å². The first-order chi connectivity index (χ1) is 13.2. The average Bonchev–Trinajstić information content (AvgIpc) is 3.52. The number of aliphatic hydroxyl groups is 1. The number of fused-ring (bicyclic) bond motifs is 1. The molecule has 1 atom stereocenters. The SMILES string of the molecule is Cn1c(CN(Cc2ccccc2)C(CO)C2CC2)nc2ccccc2c1=O. The molecule has 1 saturated carbocycles. The second kappa shape index (κ2) is 7.62. The summed E-state index contributed by atoms with van der Waals surface area (Å²) in [5, 5.41) is 10.7. The molecule has 0 bridgehead atoms. The normalized spacial score (nSPS) is 15.4. The van der Waals surface area contributed by atoms with Crippen molar-refractivity contribution in [3.05, 3.63) is 76.3 Å². The van der Waals surface area contributed by atoms with Crippen molar-refractivity contribution in [3.8, 4) is 0 Å². The first-order valence-electron chi connectivity index (χ1n) is 9.51. The minimum absolute atomic E-state index is 0.0257. The van der Waals surface area contributed by atoms with Crippen molar-refractivity contribution >= 4 is 10.9 Å². The van der Waals surface area contributed by atoms with E-state index >= 15 is 0 Å². The summed E-state index contributed by atoms with van der Waals surface area (Å²) in [7, 11) is 1.78. The van der Waals surface area contributed by atoms with Crippen molar-refractivity contribution in [2.75, 3.05) is 6.61 Å². The third-order valence-electron chi connectivity index (χ3n) is 5.47. The number of benzene rings is 2. The van der Waals surface area contributed by atoms with Crippen LogP contribution in [0.5, 0.6) is 0 Å². The van der Waals surface area contributed by atoms with Gasteiger partial charge in [-0.25, -0.2) is 4.98 Å². The van der Waals surface area contributed by atoms with Crippen LogP contribution in [0.25, 0.3) is 10.9 Å². The van der Waals surface area contributed by atoms with Gasteiger partial charge in [-0.2, -0.15) is 0 Å². The van der Waals surface area contributed by atoms with Crippen LogP contribution in [0.3, 0.4) is 0 Å². The van der Waals surface area contributed by atoms with Gasteiger partial charge in [0.05, 0.1) is 24.1 Å². The maximum atomic E-state index is 12.7. The molecule has 1 aliphatic carbocycles. The van der Waals surface area contributed by atoms with Gasteiger partial charge in [-0.05, 0) is 36.5 Å². The molecule has 1 N–H and O–H groups in total. The lowest BCUT2D eigenvalue weighted by Gasteiger charge is -2.31. The zero-order valence-corrected chi connectivity index (χ0v) is 15.6. The lowest BCUT2D eigenvalue weighted by atomic mass is 10.1. The molecule has 1 heterocycles. The molecule has 4 rings (SSSR count). The monoisotopic (exact) mass is 363 g/mol. The lowest BCUT2D eigenvalue weighted by molar-refractivity contribution is 0.0911. The highest BCUT2D eigenvalue weighted by molar-refractivity contribution is 5.77. The van der Waals surface area contributed by atoms with Crippen molar-refractivity contribution in [1.29, 1.82) is 0 Å². The van der Waals surface area contributed by atoms with Crippen LogP contribution in [-0.4, -0.2) is 32.2 Å². The fraction of sp³-hybridized carbons (Fsp3) is 0.364. The summed E-state index contributed by atoms with van der Waals surface area (Å²) in [4.78, 5) is 19.8. The van der Waals surface area contributed by atoms with Gasteiger partial charge in [0.25, 0.3) is 5.56 Å². The number of aliphatic hydroxyl groups excluding tert-OH is 1. The van der Waals surface area contributed by atoms with Gasteiger partial charge in [0.1, 0.15) is 5.82 Å². The predicted octanol–water partition coefficient (Wildman–Crippen LogP) is 2.71. The summed E-state index contributed by atoms with van der Waals surface area (Å²) in [6.07, 6.45) is 2.31. The van der Waals surface area contributed by atoms with Gasteiger partial charge in [0.2, 0.25) is 0 Å². The fourth-order valence-corrected chi connectivity index (χ4v) is 3.74. The second-order valence-corrected chi connectivity index (χ2v) is 7.39. The third kappa shape index (κ3) is 3.80. The topological polar surface area (TPSA) is 58.4 Å². The zero-order chi connectivity index (χ0) is 18.8. The Balaban J connectivity index is 1.69. The zero-order valence-electron chi connectivity index (χ0n) is 15.6. The number of hydrogen-bond donors (Lipinski definition) is 1. The van der Waals surface area contributed by atoms with E-state index in [-0.39, 0.29) is 18.2 Å². The molecular weight excluding hydrogens is 338 g/mol. The number of para-hydroxylation sites is 1. The molecule has 1 unspecified atom stereocenters. The Hall–Kier alpha value is -2.50. The molecule has 0 spiro atoms. The van der Waals surface area contributed by atoms with Crippen molar-refractivity contribution in [2.45, 2.75) is 32.0 Å². The number of hydrogen-bond acceptors (Lipinski definition) is 4. The highest BCUT2D eigenvalue weighted by atomic mass is 16.3. The quantitative estimate of drug-likeness (QED) is 0.701. The van der Waals surface area contributed by atoms with Gasteiger partial charge in [0, 0.05) is 19.6 Å². The minimum Gasteiger partial charge on any atom is -0.395 e. The molecule has 2 aromatic carbocycles. The van der Waals surface area contributed by atoms with E-state index in [0.29, 0.717) is 17.8 Å². The van der Waals surface area contributed by atoms with Crippen molar-refractivity contribution in [2.24, 2.45) is 13.0 Å². The predicted molar refractivity (Wildman–Crippen MR) is 106 cm³/mol. The Kier molecular flexibility index (Phi) is 5.05. The first-order valence-corrected chi connectivity index (χ1v) is 9.51. The number of aromatic nitrogens is 2. The van der Waals surface area contributed by atoms with Gasteiger partial charge in [-0.15, -0.1) is 0 Å². The van der Waals surface area contributed by atoms with Crippen LogP contribution < -0.4 is 5.56 Å². The van der Waals surface area contributed by atoms with Crippen molar-refractivity contribution in [3.63, 3.8) is 0 Å². The van der Waals surface area contributed by atoms with Gasteiger partial charge >= 0.3 is 0 Å². The van der Waals surface area contributed by atoms with Crippen LogP contribution in [0.2, 0.25) is 0 Å². The summed E-state index contributed by atoms with van der Waals surface area (Å²) in [6.45, 7) is 1.39. The summed E-state index contributed by atoms with van der Waals surface area (Å²) in [5.41, 5.74) is 1.90. The molecule has 1 aromatic heterocycles. The molecule has 1 fully saturated rings. The average molecular weight is 363 g/mol. The molecule has 5 nitrogen and oxygen atoms in total. The van der Waals surface area contributed by atoms with Gasteiger partial charge < -0.3 is 5.11 Å². The summed E-state index contributed by atoms with van der Waals surface area (Å²) in [5.74, 6) is 1.25. The Morgan fingerprint density at radius 3 is 2.52 bits per heavy atom. The molecule has 5 heteroatoms. The van der Waals surface area contributed by atoms with E-state index in [1.54, 1.807) is 11.6 Å². The Morgan fingerprint density at radius 1 is 1.11 bits per heavy atom. The summed E-state index contributed by atoms with van der Waals surface area (Å²) < 4.78 is 1.64. The number of rotatable bonds is 7. The smallest absolute Gasteiger partial charge is 0.261 e. The largest absolute Gasteiger partial charge is 0.395 e. The van der Waals surface area contributed by atoms with E-state index in [4.69, 9.17) is 4.98 Å². The highest BCUT2D eigenvalue weighted by Crippen LogP contribution is 2.36. The Bertz CT molecular complexity index is 980. The fourth-order valence-electron chi connectivity index (χ4n) is 3.74. The molecular formula is C22H25N3O2. The summed E-state index contributed by atoms with van der Waals surface area (Å²) >= 11 is 0. The van der Waals surface area contributed by atoms with E-state index < -0.39 is 0 Å². The third-order valence-corrected chi connectivity index (χ3v) is 5.47. The lowest BCUT2D eigenvalue weighted by Crippen LogP contribution is -2.40. The van der Waals surface area contributed by atoms with Crippen LogP contribution in [-0.2, 0) is 20.1 Å². The standard InChI is InChI=1S/C22H25N3O2/c1-24-21(23-19-10-6-5-9-18(19)22(24)27)14-25(20(15-26)17-11-12-17)13-16-7-3-2-4-8-16/h2-10,17,20,26H,11-15H2,1H3. The van der Waals surface area contributed by atoms with Crippen LogP contribution in [0, 0.1) is 5.92 Å².